The van der Waals surface area contributed by atoms with Gasteiger partial charge >= 0.3 is 6.03 Å². The number of hydrogen-bond acceptors (Lipinski definition) is 6. The fourth-order valence-electron chi connectivity index (χ4n) is 3.23. The van der Waals surface area contributed by atoms with Crippen molar-refractivity contribution in [1.29, 1.82) is 0 Å². The predicted octanol–water partition coefficient (Wildman–Crippen LogP) is 2.68. The number of amides is 2. The van der Waals surface area contributed by atoms with Crippen LogP contribution in [0.2, 0.25) is 0 Å². The maximum Gasteiger partial charge on any atom is 0.319 e. The highest BCUT2D eigenvalue weighted by Gasteiger charge is 2.24. The van der Waals surface area contributed by atoms with Gasteiger partial charge in [-0.1, -0.05) is 6.07 Å². The van der Waals surface area contributed by atoms with E-state index in [1.54, 1.807) is 40.7 Å². The van der Waals surface area contributed by atoms with Gasteiger partial charge in [-0.05, 0) is 49.5 Å². The Balaban J connectivity index is 1.34. The third-order valence-corrected chi connectivity index (χ3v) is 5.54. The maximum absolute atomic E-state index is 12.3. The number of carbonyl (C=O) groups excluding carboxylic acids is 1. The van der Waals surface area contributed by atoms with Crippen molar-refractivity contribution < 1.29 is 4.79 Å². The van der Waals surface area contributed by atoms with E-state index in [0.29, 0.717) is 18.1 Å². The number of aromatic nitrogens is 4. The van der Waals surface area contributed by atoms with Crippen molar-refractivity contribution in [2.24, 2.45) is 0 Å². The van der Waals surface area contributed by atoms with Gasteiger partial charge in [-0.25, -0.2) is 19.4 Å². The van der Waals surface area contributed by atoms with E-state index in [2.05, 4.69) is 48.1 Å². The molecule has 8 nitrogen and oxygen atoms in total. The van der Waals surface area contributed by atoms with Gasteiger partial charge in [0.2, 0.25) is 0 Å². The van der Waals surface area contributed by atoms with E-state index in [1.807, 2.05) is 0 Å². The highest BCUT2D eigenvalue weighted by Crippen LogP contribution is 2.27. The van der Waals surface area contributed by atoms with Crippen LogP contribution in [0.4, 0.5) is 10.5 Å². The largest absolute Gasteiger partial charge is 0.336 e. The highest BCUT2D eigenvalue weighted by atomic mass is 32.1. The number of thiophene rings is 1. The van der Waals surface area contributed by atoms with Gasteiger partial charge < -0.3 is 10.6 Å². The second-order valence-corrected chi connectivity index (χ2v) is 7.33. The molecular formula is C18H21N7OS. The average molecular weight is 383 g/mol. The van der Waals surface area contributed by atoms with Crippen LogP contribution in [0.25, 0.3) is 5.82 Å². The molecule has 4 heterocycles. The summed E-state index contributed by atoms with van der Waals surface area (Å²) in [6.45, 7) is 2.75. The van der Waals surface area contributed by atoms with Gasteiger partial charge in [-0.2, -0.15) is 5.10 Å². The van der Waals surface area contributed by atoms with E-state index in [0.717, 1.165) is 13.1 Å². The van der Waals surface area contributed by atoms with Crippen molar-refractivity contribution in [2.75, 3.05) is 25.0 Å². The molecule has 3 aromatic rings. The van der Waals surface area contributed by atoms with Crippen LogP contribution < -0.4 is 10.6 Å². The van der Waals surface area contributed by atoms with Crippen LogP contribution in [0.1, 0.15) is 23.8 Å². The molecule has 140 valence electrons. The van der Waals surface area contributed by atoms with Crippen LogP contribution in [0.5, 0.6) is 0 Å². The van der Waals surface area contributed by atoms with Crippen molar-refractivity contribution in [1.82, 2.24) is 30.0 Å². The molecule has 3 aromatic heterocycles. The van der Waals surface area contributed by atoms with Crippen molar-refractivity contribution in [3.05, 3.63) is 53.4 Å². The summed E-state index contributed by atoms with van der Waals surface area (Å²) in [5, 5.41) is 11.9. The predicted molar refractivity (Wildman–Crippen MR) is 104 cm³/mol. The van der Waals surface area contributed by atoms with Gasteiger partial charge in [0.1, 0.15) is 12.7 Å². The van der Waals surface area contributed by atoms with Gasteiger partial charge in [0, 0.05) is 11.4 Å². The number of nitrogens with one attached hydrogen (secondary N) is 2. The van der Waals surface area contributed by atoms with Gasteiger partial charge in [-0.3, -0.25) is 4.90 Å². The fourth-order valence-corrected chi connectivity index (χ4v) is 4.09. The van der Waals surface area contributed by atoms with E-state index in [9.17, 15) is 4.79 Å². The average Bonchev–Trinajstić information content (AvgIpc) is 3.45. The van der Waals surface area contributed by atoms with Gasteiger partial charge in [0.25, 0.3) is 0 Å². The van der Waals surface area contributed by atoms with E-state index in [4.69, 9.17) is 0 Å². The van der Waals surface area contributed by atoms with Gasteiger partial charge in [-0.15, -0.1) is 11.3 Å². The zero-order valence-electron chi connectivity index (χ0n) is 14.8. The van der Waals surface area contributed by atoms with Crippen LogP contribution in [-0.2, 0) is 0 Å². The summed E-state index contributed by atoms with van der Waals surface area (Å²) in [6.07, 6.45) is 7.07. The molecule has 2 amide bonds. The molecule has 4 rings (SSSR count). The van der Waals surface area contributed by atoms with Crippen LogP contribution in [0.15, 0.2) is 48.5 Å². The van der Waals surface area contributed by atoms with Crippen molar-refractivity contribution in [3.8, 4) is 5.82 Å². The highest BCUT2D eigenvalue weighted by molar-refractivity contribution is 7.10. The molecule has 0 unspecified atom stereocenters. The zero-order chi connectivity index (χ0) is 18.5. The normalized spacial score (nSPS) is 15.6. The van der Waals surface area contributed by atoms with Crippen LogP contribution in [0.3, 0.4) is 0 Å². The summed E-state index contributed by atoms with van der Waals surface area (Å²) in [5.41, 5.74) is 0.630. The lowest BCUT2D eigenvalue weighted by Crippen LogP contribution is -2.38. The molecule has 1 aliphatic heterocycles. The van der Waals surface area contributed by atoms with Gasteiger partial charge in [0.15, 0.2) is 5.82 Å². The van der Waals surface area contributed by atoms with Gasteiger partial charge in [0.05, 0.1) is 17.9 Å². The second-order valence-electron chi connectivity index (χ2n) is 6.35. The number of rotatable bonds is 6. The number of hydrogen-bond donors (Lipinski definition) is 2. The third kappa shape index (κ3) is 4.32. The molecule has 1 fully saturated rings. The van der Waals surface area contributed by atoms with Crippen molar-refractivity contribution in [3.63, 3.8) is 0 Å². The van der Waals surface area contributed by atoms with E-state index in [-0.39, 0.29) is 12.1 Å². The number of carbonyl (C=O) groups is 1. The van der Waals surface area contributed by atoms with Crippen LogP contribution >= 0.6 is 11.3 Å². The first-order chi connectivity index (χ1) is 13.3. The third-order valence-electron chi connectivity index (χ3n) is 4.57. The standard InChI is InChI=1S/C18H21N7OS/c26-18(23-14-5-6-17(20-10-14)25-13-19-12-22-25)21-11-15(16-4-3-9-27-16)24-7-1-2-8-24/h3-6,9-10,12-13,15H,1-2,7-8,11H2,(H2,21,23,26)/t15-/m1/s1. The zero-order valence-corrected chi connectivity index (χ0v) is 15.6. The van der Waals surface area contributed by atoms with E-state index < -0.39 is 0 Å². The Bertz CT molecular complexity index is 842. The van der Waals surface area contributed by atoms with Crippen LogP contribution in [-0.4, -0.2) is 50.3 Å². The summed E-state index contributed by atoms with van der Waals surface area (Å²) in [4.78, 5) is 24.2. The Kier molecular flexibility index (Phi) is 5.40. The summed E-state index contributed by atoms with van der Waals surface area (Å²) in [7, 11) is 0. The molecule has 1 aliphatic rings. The Morgan fingerprint density at radius 1 is 1.26 bits per heavy atom. The fraction of sp³-hybridized carbons (Fsp3) is 0.333. The Hall–Kier alpha value is -2.78. The molecular weight excluding hydrogens is 362 g/mol. The number of likely N-dealkylation sites (tertiary alicyclic amines) is 1. The lowest BCUT2D eigenvalue weighted by Gasteiger charge is -2.26. The summed E-state index contributed by atoms with van der Waals surface area (Å²) in [5.74, 6) is 0.644. The quantitative estimate of drug-likeness (QED) is 0.683. The number of pyridine rings is 1. The first-order valence-electron chi connectivity index (χ1n) is 8.93. The molecule has 2 N–H and O–H groups in total. The molecule has 27 heavy (non-hydrogen) atoms. The molecule has 0 aliphatic carbocycles. The summed E-state index contributed by atoms with van der Waals surface area (Å²) in [6, 6.07) is 7.77. The molecule has 1 atom stereocenters. The minimum atomic E-state index is -0.231. The topological polar surface area (TPSA) is 88.0 Å². The first-order valence-corrected chi connectivity index (χ1v) is 9.81. The SMILES string of the molecule is O=C(NC[C@H](c1cccs1)N1CCCC1)Nc1ccc(-n2cncn2)nc1. The monoisotopic (exact) mass is 383 g/mol. The summed E-state index contributed by atoms with van der Waals surface area (Å²) >= 11 is 1.74. The Morgan fingerprint density at radius 2 is 2.15 bits per heavy atom. The first kappa shape index (κ1) is 17.6. The molecule has 0 bridgehead atoms. The minimum absolute atomic E-state index is 0.228. The minimum Gasteiger partial charge on any atom is -0.336 e. The smallest absolute Gasteiger partial charge is 0.319 e. The molecule has 9 heteroatoms. The number of urea groups is 1. The number of anilines is 1. The van der Waals surface area contributed by atoms with Crippen molar-refractivity contribution in [2.45, 2.75) is 18.9 Å². The number of nitrogens with zero attached hydrogens (tertiary/aromatic N) is 5. The molecule has 0 aromatic carbocycles. The molecule has 0 saturated carbocycles. The molecule has 0 radical (unpaired) electrons. The van der Waals surface area contributed by atoms with Crippen LogP contribution in [0, 0.1) is 0 Å². The molecule has 0 spiro atoms. The lowest BCUT2D eigenvalue weighted by molar-refractivity contribution is 0.229. The van der Waals surface area contributed by atoms with E-state index >= 15 is 0 Å². The summed E-state index contributed by atoms with van der Waals surface area (Å²) < 4.78 is 1.56. The maximum atomic E-state index is 12.3. The lowest BCUT2D eigenvalue weighted by atomic mass is 10.2. The Labute approximate surface area is 161 Å². The molecule has 1 saturated heterocycles. The van der Waals surface area contributed by atoms with Crippen molar-refractivity contribution >= 4 is 23.1 Å². The second kappa shape index (κ2) is 8.28. The van der Waals surface area contributed by atoms with E-state index in [1.165, 1.54) is 24.0 Å². The Morgan fingerprint density at radius 3 is 2.81 bits per heavy atom.